The van der Waals surface area contributed by atoms with Gasteiger partial charge in [0.1, 0.15) is 0 Å². The first-order valence-corrected chi connectivity index (χ1v) is 11.1. The van der Waals surface area contributed by atoms with Gasteiger partial charge in [0.05, 0.1) is 5.56 Å². The summed E-state index contributed by atoms with van der Waals surface area (Å²) in [6, 6.07) is 8.26. The van der Waals surface area contributed by atoms with Crippen LogP contribution in [0.15, 0.2) is 28.7 Å². The molecule has 1 saturated carbocycles. The first-order valence-electron chi connectivity index (χ1n) is 10.3. The number of carbonyl (C=O) groups is 1. The van der Waals surface area contributed by atoms with Crippen molar-refractivity contribution in [1.82, 2.24) is 4.57 Å². The zero-order valence-corrected chi connectivity index (χ0v) is 18.1. The molecule has 1 amide bonds. The number of carbonyl (C=O) groups excluding carboxylic acids is 1. The summed E-state index contributed by atoms with van der Waals surface area (Å²) in [7, 11) is 0. The zero-order chi connectivity index (χ0) is 19.4. The van der Waals surface area contributed by atoms with Gasteiger partial charge >= 0.3 is 0 Å². The molecule has 1 heterocycles. The van der Waals surface area contributed by atoms with Crippen molar-refractivity contribution in [1.29, 1.82) is 0 Å². The predicted molar refractivity (Wildman–Crippen MR) is 116 cm³/mol. The maximum Gasteiger partial charge on any atom is 0.251 e. The first kappa shape index (κ1) is 20.2. The predicted octanol–water partition coefficient (Wildman–Crippen LogP) is 6.25. The maximum absolute atomic E-state index is 12.4. The molecule has 1 aliphatic rings. The number of hydrogen-bond donors (Lipinski definition) is 1. The molecule has 146 valence electrons. The van der Waals surface area contributed by atoms with Crippen LogP contribution in [0.2, 0.25) is 0 Å². The Morgan fingerprint density at radius 1 is 1.19 bits per heavy atom. The fraction of sp³-hybridized carbons (Fsp3) is 0.522. The third-order valence-electron chi connectivity index (χ3n) is 5.94. The lowest BCUT2D eigenvalue weighted by Gasteiger charge is -2.24. The molecule has 3 rings (SSSR count). The van der Waals surface area contributed by atoms with E-state index in [1.165, 1.54) is 37.8 Å². The van der Waals surface area contributed by atoms with Gasteiger partial charge in [0.15, 0.2) is 0 Å². The molecule has 1 aromatic heterocycles. The molecule has 27 heavy (non-hydrogen) atoms. The molecule has 1 fully saturated rings. The Morgan fingerprint density at radius 3 is 2.44 bits per heavy atom. The third-order valence-corrected chi connectivity index (χ3v) is 6.47. The molecule has 1 aliphatic carbocycles. The highest BCUT2D eigenvalue weighted by atomic mass is 79.9. The molecule has 3 nitrogen and oxygen atoms in total. The quantitative estimate of drug-likeness (QED) is 0.554. The Morgan fingerprint density at radius 2 is 1.85 bits per heavy atom. The number of nitrogens with zero attached hydrogens (tertiary/aromatic N) is 1. The molecule has 0 unspecified atom stereocenters. The van der Waals surface area contributed by atoms with E-state index in [0.29, 0.717) is 11.5 Å². The molecule has 0 radical (unpaired) electrons. The SMILES string of the molecule is CCCCc1c(-c2ccc(Br)cc2)c(C(N)=O)c(C)n1CC1CCCCC1. The summed E-state index contributed by atoms with van der Waals surface area (Å²) in [4.78, 5) is 12.4. The minimum Gasteiger partial charge on any atom is -0.366 e. The molecular weight excluding hydrogens is 400 g/mol. The monoisotopic (exact) mass is 430 g/mol. The van der Waals surface area contributed by atoms with Crippen molar-refractivity contribution in [3.8, 4) is 11.1 Å². The van der Waals surface area contributed by atoms with Gasteiger partial charge in [-0.1, -0.05) is 60.7 Å². The number of rotatable bonds is 7. The normalized spacial score (nSPS) is 15.2. The molecule has 2 N–H and O–H groups in total. The average molecular weight is 431 g/mol. The summed E-state index contributed by atoms with van der Waals surface area (Å²) in [5.74, 6) is 0.397. The van der Waals surface area contributed by atoms with Gasteiger partial charge in [-0.15, -0.1) is 0 Å². The summed E-state index contributed by atoms with van der Waals surface area (Å²) >= 11 is 3.51. The highest BCUT2D eigenvalue weighted by Crippen LogP contribution is 2.36. The van der Waals surface area contributed by atoms with Crippen molar-refractivity contribution in [2.24, 2.45) is 11.7 Å². The lowest BCUT2D eigenvalue weighted by Crippen LogP contribution is -2.18. The van der Waals surface area contributed by atoms with Gasteiger partial charge in [-0.2, -0.15) is 0 Å². The van der Waals surface area contributed by atoms with E-state index in [9.17, 15) is 4.79 Å². The van der Waals surface area contributed by atoms with Gasteiger partial charge in [-0.25, -0.2) is 0 Å². The molecule has 4 heteroatoms. The Labute approximate surface area is 171 Å². The molecule has 0 saturated heterocycles. The van der Waals surface area contributed by atoms with Crippen molar-refractivity contribution >= 4 is 21.8 Å². The number of aromatic nitrogens is 1. The van der Waals surface area contributed by atoms with Gasteiger partial charge in [-0.3, -0.25) is 4.79 Å². The fourth-order valence-corrected chi connectivity index (χ4v) is 4.77. The van der Waals surface area contributed by atoms with Crippen LogP contribution in [-0.4, -0.2) is 10.5 Å². The highest BCUT2D eigenvalue weighted by molar-refractivity contribution is 9.10. The largest absolute Gasteiger partial charge is 0.366 e. The van der Waals surface area contributed by atoms with Crippen LogP contribution >= 0.6 is 15.9 Å². The van der Waals surface area contributed by atoms with E-state index in [2.05, 4.69) is 46.5 Å². The van der Waals surface area contributed by atoms with E-state index in [-0.39, 0.29) is 5.91 Å². The van der Waals surface area contributed by atoms with Crippen LogP contribution in [0.1, 0.15) is 73.6 Å². The second kappa shape index (κ2) is 9.09. The summed E-state index contributed by atoms with van der Waals surface area (Å²) in [5, 5.41) is 0. The standard InChI is InChI=1S/C23H31BrN2O/c1-3-4-10-20-22(18-11-13-19(24)14-12-18)21(23(25)27)16(2)26(20)15-17-8-6-5-7-9-17/h11-14,17H,3-10,15H2,1-2H3,(H2,25,27). The Hall–Kier alpha value is -1.55. The van der Waals surface area contributed by atoms with Crippen LogP contribution < -0.4 is 5.73 Å². The zero-order valence-electron chi connectivity index (χ0n) is 16.6. The molecule has 0 spiro atoms. The van der Waals surface area contributed by atoms with E-state index in [4.69, 9.17) is 5.73 Å². The minimum absolute atomic E-state index is 0.314. The van der Waals surface area contributed by atoms with Gasteiger partial charge in [-0.05, 0) is 56.2 Å². The lowest BCUT2D eigenvalue weighted by atomic mass is 9.89. The molecule has 2 aromatic rings. The smallest absolute Gasteiger partial charge is 0.251 e. The number of halogens is 1. The average Bonchev–Trinajstić information content (AvgIpc) is 2.93. The van der Waals surface area contributed by atoms with Crippen molar-refractivity contribution in [2.45, 2.75) is 71.8 Å². The van der Waals surface area contributed by atoms with Crippen LogP contribution in [-0.2, 0) is 13.0 Å². The fourth-order valence-electron chi connectivity index (χ4n) is 4.51. The van der Waals surface area contributed by atoms with E-state index >= 15 is 0 Å². The van der Waals surface area contributed by atoms with Crippen LogP contribution in [0.3, 0.4) is 0 Å². The number of hydrogen-bond acceptors (Lipinski definition) is 1. The Bertz CT molecular complexity index is 786. The third kappa shape index (κ3) is 4.48. The summed E-state index contributed by atoms with van der Waals surface area (Å²) < 4.78 is 3.46. The topological polar surface area (TPSA) is 48.0 Å². The van der Waals surface area contributed by atoms with Crippen molar-refractivity contribution in [3.05, 3.63) is 45.7 Å². The maximum atomic E-state index is 12.4. The number of nitrogens with two attached hydrogens (primary N) is 1. The Kier molecular flexibility index (Phi) is 6.80. The summed E-state index contributed by atoms with van der Waals surface area (Å²) in [6.45, 7) is 5.30. The van der Waals surface area contributed by atoms with E-state index in [0.717, 1.165) is 47.1 Å². The van der Waals surface area contributed by atoms with Crippen molar-refractivity contribution in [3.63, 3.8) is 0 Å². The van der Waals surface area contributed by atoms with Crippen molar-refractivity contribution in [2.75, 3.05) is 0 Å². The second-order valence-corrected chi connectivity index (χ2v) is 8.79. The molecular formula is C23H31BrN2O. The van der Waals surface area contributed by atoms with Crippen molar-refractivity contribution < 1.29 is 4.79 Å². The Balaban J connectivity index is 2.11. The molecule has 1 aromatic carbocycles. The summed E-state index contributed by atoms with van der Waals surface area (Å²) in [5.41, 5.74) is 11.0. The molecule has 0 bridgehead atoms. The number of unbranched alkanes of at least 4 members (excludes halogenated alkanes) is 1. The van der Waals surface area contributed by atoms with Gasteiger partial charge in [0.2, 0.25) is 0 Å². The number of amides is 1. The number of benzene rings is 1. The van der Waals surface area contributed by atoms with Crippen LogP contribution in [0.4, 0.5) is 0 Å². The molecule has 0 aliphatic heterocycles. The van der Waals surface area contributed by atoms with Crippen LogP contribution in [0, 0.1) is 12.8 Å². The second-order valence-electron chi connectivity index (χ2n) is 7.87. The van der Waals surface area contributed by atoms with E-state index in [1.54, 1.807) is 0 Å². The van der Waals surface area contributed by atoms with Gasteiger partial charge in [0.25, 0.3) is 5.91 Å². The number of primary amides is 1. The van der Waals surface area contributed by atoms with Gasteiger partial charge in [0, 0.05) is 28.0 Å². The van der Waals surface area contributed by atoms with Crippen LogP contribution in [0.25, 0.3) is 11.1 Å². The first-order chi connectivity index (χ1) is 13.0. The molecule has 0 atom stereocenters. The highest BCUT2D eigenvalue weighted by Gasteiger charge is 2.26. The van der Waals surface area contributed by atoms with E-state index in [1.807, 2.05) is 12.1 Å². The summed E-state index contributed by atoms with van der Waals surface area (Å²) in [6.07, 6.45) is 9.86. The van der Waals surface area contributed by atoms with Gasteiger partial charge < -0.3 is 10.3 Å². The van der Waals surface area contributed by atoms with E-state index < -0.39 is 0 Å². The lowest BCUT2D eigenvalue weighted by molar-refractivity contribution is 0.1000. The van der Waals surface area contributed by atoms with Crippen LogP contribution in [0.5, 0.6) is 0 Å². The minimum atomic E-state index is -0.314.